The fourth-order valence-electron chi connectivity index (χ4n) is 2.34. The van der Waals surface area contributed by atoms with E-state index in [-0.39, 0.29) is 5.54 Å². The minimum absolute atomic E-state index is 0.231. The molecule has 0 aromatic heterocycles. The second-order valence-corrected chi connectivity index (χ2v) is 5.23. The molecule has 1 aliphatic rings. The van der Waals surface area contributed by atoms with Crippen molar-refractivity contribution in [2.75, 3.05) is 20.1 Å². The summed E-state index contributed by atoms with van der Waals surface area (Å²) in [4.78, 5) is 2.34. The topological polar surface area (TPSA) is 29.3 Å². The van der Waals surface area contributed by atoms with Crippen molar-refractivity contribution < 1.29 is 0 Å². The third kappa shape index (κ3) is 2.06. The van der Waals surface area contributed by atoms with Gasteiger partial charge in [-0.2, -0.15) is 0 Å². The van der Waals surface area contributed by atoms with Gasteiger partial charge in [0.2, 0.25) is 0 Å². The molecule has 0 aliphatic carbocycles. The lowest BCUT2D eigenvalue weighted by molar-refractivity contribution is 0.188. The molecule has 2 N–H and O–H groups in total. The van der Waals surface area contributed by atoms with Gasteiger partial charge in [0.25, 0.3) is 0 Å². The molecule has 0 radical (unpaired) electrons. The van der Waals surface area contributed by atoms with E-state index in [1.165, 1.54) is 11.1 Å². The monoisotopic (exact) mass is 204 g/mol. The fourth-order valence-corrected chi connectivity index (χ4v) is 2.34. The lowest BCUT2D eigenvalue weighted by Crippen LogP contribution is -2.43. The van der Waals surface area contributed by atoms with Crippen LogP contribution in [-0.4, -0.2) is 25.0 Å². The zero-order chi connectivity index (χ0) is 11.1. The van der Waals surface area contributed by atoms with Crippen LogP contribution in [0.5, 0.6) is 0 Å². The van der Waals surface area contributed by atoms with Gasteiger partial charge in [-0.15, -0.1) is 0 Å². The summed E-state index contributed by atoms with van der Waals surface area (Å²) in [5.74, 6) is 0.675. The second-order valence-electron chi connectivity index (χ2n) is 5.23. The Bertz CT molecular complexity index is 346. The molecular weight excluding hydrogens is 184 g/mol. The first-order valence-corrected chi connectivity index (χ1v) is 5.55. The van der Waals surface area contributed by atoms with Crippen molar-refractivity contribution >= 4 is 0 Å². The van der Waals surface area contributed by atoms with Crippen LogP contribution in [0.25, 0.3) is 0 Å². The van der Waals surface area contributed by atoms with Crippen molar-refractivity contribution in [3.63, 3.8) is 0 Å². The van der Waals surface area contributed by atoms with Crippen LogP contribution in [0.3, 0.4) is 0 Å². The van der Waals surface area contributed by atoms with Crippen molar-refractivity contribution in [3.05, 3.63) is 35.4 Å². The summed E-state index contributed by atoms with van der Waals surface area (Å²) in [6.07, 6.45) is 0. The molecule has 0 unspecified atom stereocenters. The third-order valence-corrected chi connectivity index (χ3v) is 3.16. The number of benzene rings is 1. The Morgan fingerprint density at radius 1 is 1.27 bits per heavy atom. The maximum Gasteiger partial charge on any atom is 0.0355 e. The van der Waals surface area contributed by atoms with Gasteiger partial charge in [0.15, 0.2) is 0 Å². The second kappa shape index (κ2) is 3.62. The van der Waals surface area contributed by atoms with Crippen LogP contribution in [0.4, 0.5) is 0 Å². The molecule has 1 aromatic carbocycles. The highest BCUT2D eigenvalue weighted by molar-refractivity contribution is 5.36. The molecule has 1 aliphatic heterocycles. The molecule has 0 bridgehead atoms. The number of nitrogens with two attached hydrogens (primary N) is 1. The normalized spacial score (nSPS) is 18.9. The molecule has 82 valence electrons. The molecular formula is C13H20N2. The summed E-state index contributed by atoms with van der Waals surface area (Å²) in [6.45, 7) is 6.47. The van der Waals surface area contributed by atoms with Crippen molar-refractivity contribution in [2.45, 2.75) is 25.3 Å². The summed E-state index contributed by atoms with van der Waals surface area (Å²) in [7, 11) is 2.16. The lowest BCUT2D eigenvalue weighted by Gasteiger charge is -2.39. The summed E-state index contributed by atoms with van der Waals surface area (Å²) in [5.41, 5.74) is 8.69. The predicted molar refractivity (Wildman–Crippen MR) is 63.9 cm³/mol. The van der Waals surface area contributed by atoms with Crippen molar-refractivity contribution in [1.29, 1.82) is 0 Å². The minimum atomic E-state index is -0.231. The van der Waals surface area contributed by atoms with E-state index >= 15 is 0 Å². The van der Waals surface area contributed by atoms with Crippen molar-refractivity contribution in [3.8, 4) is 0 Å². The number of hydrogen-bond donors (Lipinski definition) is 1. The zero-order valence-corrected chi connectivity index (χ0v) is 9.83. The van der Waals surface area contributed by atoms with Crippen LogP contribution in [0.2, 0.25) is 0 Å². The zero-order valence-electron chi connectivity index (χ0n) is 9.83. The van der Waals surface area contributed by atoms with Gasteiger partial charge < -0.3 is 10.6 Å². The van der Waals surface area contributed by atoms with Gasteiger partial charge in [-0.05, 0) is 32.0 Å². The quantitative estimate of drug-likeness (QED) is 0.797. The van der Waals surface area contributed by atoms with Gasteiger partial charge in [-0.1, -0.05) is 24.3 Å². The molecule has 2 nitrogen and oxygen atoms in total. The first kappa shape index (κ1) is 10.7. The largest absolute Gasteiger partial charge is 0.322 e. The smallest absolute Gasteiger partial charge is 0.0355 e. The summed E-state index contributed by atoms with van der Waals surface area (Å²) >= 11 is 0. The average molecular weight is 204 g/mol. The Kier molecular flexibility index (Phi) is 2.57. The lowest BCUT2D eigenvalue weighted by atomic mass is 9.82. The Hall–Kier alpha value is -0.860. The number of likely N-dealkylation sites (tertiary alicyclic amines) is 1. The molecule has 0 spiro atoms. The summed E-state index contributed by atoms with van der Waals surface area (Å²) in [5, 5.41) is 0. The Morgan fingerprint density at radius 3 is 2.40 bits per heavy atom. The first-order valence-electron chi connectivity index (χ1n) is 5.55. The minimum Gasteiger partial charge on any atom is -0.322 e. The van der Waals surface area contributed by atoms with E-state index in [4.69, 9.17) is 5.73 Å². The van der Waals surface area contributed by atoms with Crippen LogP contribution in [-0.2, 0) is 5.54 Å². The van der Waals surface area contributed by atoms with Crippen LogP contribution < -0.4 is 5.73 Å². The van der Waals surface area contributed by atoms with Crippen LogP contribution in [0.15, 0.2) is 24.3 Å². The van der Waals surface area contributed by atoms with Crippen LogP contribution in [0, 0.1) is 0 Å². The molecule has 1 aromatic rings. The third-order valence-electron chi connectivity index (χ3n) is 3.16. The van der Waals surface area contributed by atoms with E-state index in [1.807, 2.05) is 0 Å². The number of likely N-dealkylation sites (N-methyl/N-ethyl adjacent to an activating group) is 1. The number of hydrogen-bond acceptors (Lipinski definition) is 2. The number of rotatable bonds is 2. The van der Waals surface area contributed by atoms with Gasteiger partial charge in [-0.3, -0.25) is 0 Å². The molecule has 0 saturated carbocycles. The maximum absolute atomic E-state index is 6.20. The highest BCUT2D eigenvalue weighted by atomic mass is 15.2. The Morgan fingerprint density at radius 2 is 1.87 bits per heavy atom. The molecule has 2 heteroatoms. The van der Waals surface area contributed by atoms with E-state index in [1.54, 1.807) is 0 Å². The number of nitrogens with zero attached hydrogens (tertiary/aromatic N) is 1. The van der Waals surface area contributed by atoms with Gasteiger partial charge in [-0.25, -0.2) is 0 Å². The highest BCUT2D eigenvalue weighted by Crippen LogP contribution is 2.32. The molecule has 1 heterocycles. The van der Waals surface area contributed by atoms with E-state index in [9.17, 15) is 0 Å². The Labute approximate surface area is 92.1 Å². The van der Waals surface area contributed by atoms with Gasteiger partial charge in [0.1, 0.15) is 0 Å². The van der Waals surface area contributed by atoms with Crippen molar-refractivity contribution in [2.24, 2.45) is 5.73 Å². The molecule has 1 fully saturated rings. The van der Waals surface area contributed by atoms with E-state index in [0.29, 0.717) is 5.92 Å². The molecule has 0 atom stereocenters. The van der Waals surface area contributed by atoms with Gasteiger partial charge in [0, 0.05) is 24.5 Å². The van der Waals surface area contributed by atoms with Crippen LogP contribution in [0.1, 0.15) is 30.9 Å². The fraction of sp³-hybridized carbons (Fsp3) is 0.538. The average Bonchev–Trinajstić information content (AvgIpc) is 2.12. The molecule has 2 rings (SSSR count). The summed E-state index contributed by atoms with van der Waals surface area (Å²) < 4.78 is 0. The maximum atomic E-state index is 6.20. The first-order chi connectivity index (χ1) is 6.98. The standard InChI is InChI=1S/C13H20N2/c1-13(2,14)12-7-5-4-6-11(12)10-8-15(3)9-10/h4-7,10H,8-9,14H2,1-3H3. The van der Waals surface area contributed by atoms with Crippen molar-refractivity contribution in [1.82, 2.24) is 4.90 Å². The predicted octanol–water partition coefficient (Wildman–Crippen LogP) is 1.91. The Balaban J connectivity index is 2.31. The molecule has 1 saturated heterocycles. The van der Waals surface area contributed by atoms with Crippen LogP contribution >= 0.6 is 0 Å². The van der Waals surface area contributed by atoms with E-state index < -0.39 is 0 Å². The molecule has 15 heavy (non-hydrogen) atoms. The van der Waals surface area contributed by atoms with Gasteiger partial charge in [0.05, 0.1) is 0 Å². The highest BCUT2D eigenvalue weighted by Gasteiger charge is 2.29. The molecule has 0 amide bonds. The summed E-state index contributed by atoms with van der Waals surface area (Å²) in [6, 6.07) is 8.58. The van der Waals surface area contributed by atoms with E-state index in [0.717, 1.165) is 13.1 Å². The van der Waals surface area contributed by atoms with E-state index in [2.05, 4.69) is 50.1 Å². The van der Waals surface area contributed by atoms with Gasteiger partial charge >= 0.3 is 0 Å². The SMILES string of the molecule is CN1CC(c2ccccc2C(C)(C)N)C1.